The number of halogens is 2. The van der Waals surface area contributed by atoms with E-state index in [1.807, 2.05) is 4.90 Å². The van der Waals surface area contributed by atoms with E-state index >= 15 is 0 Å². The van der Waals surface area contributed by atoms with Gasteiger partial charge in [-0.1, -0.05) is 0 Å². The third kappa shape index (κ3) is 4.00. The summed E-state index contributed by atoms with van der Waals surface area (Å²) < 4.78 is 0. The SMILES string of the molecule is Cl.Cl.NC1(C(=O)N2CCC(CN3CCCC3)CC2)CC1. The van der Waals surface area contributed by atoms with Gasteiger partial charge in [0.15, 0.2) is 0 Å². The molecule has 2 N–H and O–H groups in total. The summed E-state index contributed by atoms with van der Waals surface area (Å²) in [5.74, 6) is 1.00. The molecule has 1 amide bonds. The zero-order valence-corrected chi connectivity index (χ0v) is 13.7. The fraction of sp³-hybridized carbons (Fsp3) is 0.929. The van der Waals surface area contributed by atoms with Gasteiger partial charge in [0.25, 0.3) is 0 Å². The molecule has 0 atom stereocenters. The van der Waals surface area contributed by atoms with Gasteiger partial charge < -0.3 is 15.5 Å². The lowest BCUT2D eigenvalue weighted by molar-refractivity contribution is -0.135. The number of hydrogen-bond donors (Lipinski definition) is 1. The predicted molar refractivity (Wildman–Crippen MR) is 85.6 cm³/mol. The minimum atomic E-state index is -0.470. The van der Waals surface area contributed by atoms with E-state index in [1.165, 1.54) is 45.3 Å². The zero-order chi connectivity index (χ0) is 12.6. The molecule has 3 aliphatic rings. The van der Waals surface area contributed by atoms with E-state index in [0.717, 1.165) is 31.8 Å². The van der Waals surface area contributed by atoms with Crippen LogP contribution in [0, 0.1) is 5.92 Å². The number of nitrogens with zero attached hydrogens (tertiary/aromatic N) is 2. The Hall–Kier alpha value is -0.0300. The Bertz CT molecular complexity index is 322. The average molecular weight is 324 g/mol. The number of rotatable bonds is 3. The minimum absolute atomic E-state index is 0. The van der Waals surface area contributed by atoms with E-state index in [4.69, 9.17) is 5.73 Å². The molecule has 118 valence electrons. The smallest absolute Gasteiger partial charge is 0.242 e. The Morgan fingerprint density at radius 1 is 1.05 bits per heavy atom. The van der Waals surface area contributed by atoms with Crippen LogP contribution in [0.25, 0.3) is 0 Å². The first-order chi connectivity index (χ1) is 8.67. The van der Waals surface area contributed by atoms with Crippen LogP contribution in [0.4, 0.5) is 0 Å². The normalized spacial score (nSPS) is 25.8. The number of piperidine rings is 1. The molecule has 0 aromatic rings. The van der Waals surface area contributed by atoms with Gasteiger partial charge in [-0.2, -0.15) is 0 Å². The first-order valence-electron chi connectivity index (χ1n) is 7.48. The molecule has 0 bridgehead atoms. The van der Waals surface area contributed by atoms with Gasteiger partial charge in [0.2, 0.25) is 5.91 Å². The fourth-order valence-corrected chi connectivity index (χ4v) is 3.31. The molecule has 20 heavy (non-hydrogen) atoms. The molecule has 4 nitrogen and oxygen atoms in total. The second kappa shape index (κ2) is 7.30. The molecule has 2 heterocycles. The molecule has 2 saturated heterocycles. The predicted octanol–water partition coefficient (Wildman–Crippen LogP) is 1.66. The van der Waals surface area contributed by atoms with Crippen LogP contribution in [0.3, 0.4) is 0 Å². The second-order valence-electron chi connectivity index (χ2n) is 6.40. The monoisotopic (exact) mass is 323 g/mol. The summed E-state index contributed by atoms with van der Waals surface area (Å²) in [5, 5.41) is 0. The summed E-state index contributed by atoms with van der Waals surface area (Å²) in [5.41, 5.74) is 5.52. The topological polar surface area (TPSA) is 49.6 Å². The van der Waals surface area contributed by atoms with Gasteiger partial charge in [-0.25, -0.2) is 0 Å². The first kappa shape index (κ1) is 18.0. The number of carbonyl (C=O) groups is 1. The van der Waals surface area contributed by atoms with Crippen LogP contribution in [0.5, 0.6) is 0 Å². The lowest BCUT2D eigenvalue weighted by Crippen LogP contribution is -2.49. The molecular formula is C14H27Cl2N3O. The van der Waals surface area contributed by atoms with Gasteiger partial charge >= 0.3 is 0 Å². The van der Waals surface area contributed by atoms with Crippen LogP contribution in [-0.4, -0.2) is 54.0 Å². The van der Waals surface area contributed by atoms with Crippen molar-refractivity contribution in [1.82, 2.24) is 9.80 Å². The number of nitrogens with two attached hydrogens (primary N) is 1. The van der Waals surface area contributed by atoms with Gasteiger partial charge in [0.05, 0.1) is 5.54 Å². The Balaban J connectivity index is 0.000001000. The zero-order valence-electron chi connectivity index (χ0n) is 12.1. The molecule has 0 aromatic heterocycles. The molecule has 1 aliphatic carbocycles. The number of amides is 1. The van der Waals surface area contributed by atoms with Crippen molar-refractivity contribution < 1.29 is 4.79 Å². The Morgan fingerprint density at radius 2 is 1.60 bits per heavy atom. The summed E-state index contributed by atoms with van der Waals surface area (Å²) in [6.07, 6.45) is 6.84. The van der Waals surface area contributed by atoms with E-state index in [2.05, 4.69) is 4.90 Å². The van der Waals surface area contributed by atoms with Crippen molar-refractivity contribution >= 4 is 30.7 Å². The lowest BCUT2D eigenvalue weighted by Gasteiger charge is -2.35. The van der Waals surface area contributed by atoms with Crippen LogP contribution in [0.2, 0.25) is 0 Å². The summed E-state index contributed by atoms with van der Waals surface area (Å²) >= 11 is 0. The van der Waals surface area contributed by atoms with Crippen LogP contribution >= 0.6 is 24.8 Å². The van der Waals surface area contributed by atoms with Crippen LogP contribution in [0.1, 0.15) is 38.5 Å². The van der Waals surface area contributed by atoms with Crippen molar-refractivity contribution in [2.45, 2.75) is 44.1 Å². The standard InChI is InChI=1S/C14H25N3O.2ClH/c15-14(5-6-14)13(18)17-9-3-12(4-10-17)11-16-7-1-2-8-16;;/h12H,1-11,15H2;2*1H. The lowest BCUT2D eigenvalue weighted by atomic mass is 9.95. The van der Waals surface area contributed by atoms with E-state index in [1.54, 1.807) is 0 Å². The van der Waals surface area contributed by atoms with Gasteiger partial charge in [-0.3, -0.25) is 4.79 Å². The molecule has 0 radical (unpaired) electrons. The summed E-state index contributed by atoms with van der Waals surface area (Å²) in [4.78, 5) is 16.7. The number of carbonyl (C=O) groups excluding carboxylic acids is 1. The van der Waals surface area contributed by atoms with Crippen LogP contribution in [0.15, 0.2) is 0 Å². The third-order valence-electron chi connectivity index (χ3n) is 4.83. The third-order valence-corrected chi connectivity index (χ3v) is 4.83. The summed E-state index contributed by atoms with van der Waals surface area (Å²) in [6, 6.07) is 0. The molecule has 6 heteroatoms. The number of likely N-dealkylation sites (tertiary alicyclic amines) is 2. The minimum Gasteiger partial charge on any atom is -0.341 e. The molecule has 0 spiro atoms. The molecule has 0 unspecified atom stereocenters. The Morgan fingerprint density at radius 3 is 2.10 bits per heavy atom. The highest BCUT2D eigenvalue weighted by Crippen LogP contribution is 2.35. The molecule has 3 fully saturated rings. The Labute approximate surface area is 134 Å². The van der Waals surface area contributed by atoms with E-state index in [0.29, 0.717) is 0 Å². The van der Waals surface area contributed by atoms with E-state index in [9.17, 15) is 4.79 Å². The number of hydrogen-bond acceptors (Lipinski definition) is 3. The van der Waals surface area contributed by atoms with Crippen LogP contribution in [-0.2, 0) is 4.79 Å². The molecule has 0 aromatic carbocycles. The Kier molecular flexibility index (Phi) is 6.58. The van der Waals surface area contributed by atoms with E-state index in [-0.39, 0.29) is 30.7 Å². The maximum Gasteiger partial charge on any atom is 0.242 e. The van der Waals surface area contributed by atoms with Crippen molar-refractivity contribution in [2.24, 2.45) is 11.7 Å². The van der Waals surface area contributed by atoms with Crippen molar-refractivity contribution in [3.63, 3.8) is 0 Å². The van der Waals surface area contributed by atoms with Gasteiger partial charge in [-0.15, -0.1) is 24.8 Å². The highest BCUT2D eigenvalue weighted by molar-refractivity contribution is 5.89. The first-order valence-corrected chi connectivity index (χ1v) is 7.48. The fourth-order valence-electron chi connectivity index (χ4n) is 3.31. The van der Waals surface area contributed by atoms with Crippen molar-refractivity contribution in [3.8, 4) is 0 Å². The van der Waals surface area contributed by atoms with Crippen molar-refractivity contribution in [2.75, 3.05) is 32.7 Å². The largest absolute Gasteiger partial charge is 0.341 e. The summed E-state index contributed by atoms with van der Waals surface area (Å²) in [7, 11) is 0. The quantitative estimate of drug-likeness (QED) is 0.859. The van der Waals surface area contributed by atoms with E-state index < -0.39 is 5.54 Å². The highest BCUT2D eigenvalue weighted by Gasteiger charge is 2.48. The average Bonchev–Trinajstić information content (AvgIpc) is 2.93. The van der Waals surface area contributed by atoms with Gasteiger partial charge in [0, 0.05) is 19.6 Å². The maximum absolute atomic E-state index is 12.1. The maximum atomic E-state index is 12.1. The summed E-state index contributed by atoms with van der Waals surface area (Å²) in [6.45, 7) is 5.67. The highest BCUT2D eigenvalue weighted by atomic mass is 35.5. The molecule has 2 aliphatic heterocycles. The van der Waals surface area contributed by atoms with Gasteiger partial charge in [0.1, 0.15) is 0 Å². The molecule has 1 saturated carbocycles. The van der Waals surface area contributed by atoms with Crippen molar-refractivity contribution in [1.29, 1.82) is 0 Å². The molecule has 3 rings (SSSR count). The van der Waals surface area contributed by atoms with Gasteiger partial charge in [-0.05, 0) is 57.5 Å². The van der Waals surface area contributed by atoms with Crippen LogP contribution < -0.4 is 5.73 Å². The second-order valence-corrected chi connectivity index (χ2v) is 6.40. The molecular weight excluding hydrogens is 297 g/mol. The van der Waals surface area contributed by atoms with Crippen molar-refractivity contribution in [3.05, 3.63) is 0 Å².